The van der Waals surface area contributed by atoms with Gasteiger partial charge in [0, 0.05) is 12.6 Å². The quantitative estimate of drug-likeness (QED) is 0.773. The smallest absolute Gasteiger partial charge is 0.0569 e. The van der Waals surface area contributed by atoms with Gasteiger partial charge in [0.1, 0.15) is 0 Å². The van der Waals surface area contributed by atoms with Crippen LogP contribution in [0.15, 0.2) is 0 Å². The van der Waals surface area contributed by atoms with Gasteiger partial charge in [-0.25, -0.2) is 0 Å². The number of aliphatic hydroxyl groups is 1. The Bertz CT molecular complexity index is 203. The standard InChI is InChI=1S/C13H25NO/c1-9-4-12(5-9)14(3)8-11-6-10(2)13(15)7-11/h9-13,15H,4-8H2,1-3H3/t9?,10-,11+,12?,13-/m1/s1. The minimum absolute atomic E-state index is 0.0382. The molecule has 2 heteroatoms. The molecular formula is C13H25NO. The van der Waals surface area contributed by atoms with Crippen LogP contribution in [0.25, 0.3) is 0 Å². The Morgan fingerprint density at radius 1 is 1.13 bits per heavy atom. The summed E-state index contributed by atoms with van der Waals surface area (Å²) in [7, 11) is 2.26. The molecule has 0 heterocycles. The molecule has 0 bridgehead atoms. The Labute approximate surface area is 93.7 Å². The van der Waals surface area contributed by atoms with Crippen LogP contribution in [0.1, 0.15) is 39.5 Å². The third-order valence-electron chi connectivity index (χ3n) is 4.46. The maximum atomic E-state index is 9.71. The molecule has 2 aliphatic carbocycles. The Balaban J connectivity index is 1.73. The van der Waals surface area contributed by atoms with E-state index in [2.05, 4.69) is 25.8 Å². The van der Waals surface area contributed by atoms with E-state index < -0.39 is 0 Å². The largest absolute Gasteiger partial charge is 0.393 e. The van der Waals surface area contributed by atoms with Gasteiger partial charge in [0.15, 0.2) is 0 Å². The first-order chi connectivity index (χ1) is 7.06. The molecule has 0 saturated heterocycles. The third-order valence-corrected chi connectivity index (χ3v) is 4.46. The van der Waals surface area contributed by atoms with Crippen molar-refractivity contribution in [3.63, 3.8) is 0 Å². The number of hydrogen-bond donors (Lipinski definition) is 1. The molecule has 3 atom stereocenters. The molecule has 0 aromatic rings. The maximum Gasteiger partial charge on any atom is 0.0569 e. The first-order valence-electron chi connectivity index (χ1n) is 6.44. The van der Waals surface area contributed by atoms with E-state index in [-0.39, 0.29) is 6.10 Å². The van der Waals surface area contributed by atoms with Crippen LogP contribution in [0.5, 0.6) is 0 Å². The zero-order valence-corrected chi connectivity index (χ0v) is 10.3. The highest BCUT2D eigenvalue weighted by molar-refractivity contribution is 4.87. The van der Waals surface area contributed by atoms with E-state index in [9.17, 15) is 5.11 Å². The first kappa shape index (κ1) is 11.4. The molecule has 15 heavy (non-hydrogen) atoms. The van der Waals surface area contributed by atoms with E-state index in [1.165, 1.54) is 25.8 Å². The van der Waals surface area contributed by atoms with Crippen LogP contribution in [0.4, 0.5) is 0 Å². The minimum Gasteiger partial charge on any atom is -0.393 e. The molecule has 0 aromatic carbocycles. The lowest BCUT2D eigenvalue weighted by molar-refractivity contribution is 0.0922. The van der Waals surface area contributed by atoms with Gasteiger partial charge in [-0.1, -0.05) is 13.8 Å². The van der Waals surface area contributed by atoms with Crippen LogP contribution in [0.2, 0.25) is 0 Å². The van der Waals surface area contributed by atoms with Gasteiger partial charge in [0.25, 0.3) is 0 Å². The van der Waals surface area contributed by atoms with E-state index in [1.54, 1.807) is 0 Å². The Kier molecular flexibility index (Phi) is 3.36. The summed E-state index contributed by atoms with van der Waals surface area (Å²) in [4.78, 5) is 2.52. The fourth-order valence-electron chi connectivity index (χ4n) is 3.28. The summed E-state index contributed by atoms with van der Waals surface area (Å²) >= 11 is 0. The lowest BCUT2D eigenvalue weighted by Gasteiger charge is -2.40. The van der Waals surface area contributed by atoms with Crippen LogP contribution >= 0.6 is 0 Å². The summed E-state index contributed by atoms with van der Waals surface area (Å²) in [5.74, 6) is 2.19. The highest BCUT2D eigenvalue weighted by Crippen LogP contribution is 2.35. The summed E-state index contributed by atoms with van der Waals surface area (Å²) in [6.45, 7) is 5.71. The average molecular weight is 211 g/mol. The highest BCUT2D eigenvalue weighted by Gasteiger charge is 2.34. The predicted molar refractivity (Wildman–Crippen MR) is 62.7 cm³/mol. The fourth-order valence-corrected chi connectivity index (χ4v) is 3.28. The van der Waals surface area contributed by atoms with Crippen LogP contribution in [0.3, 0.4) is 0 Å². The molecule has 2 nitrogen and oxygen atoms in total. The molecule has 0 unspecified atom stereocenters. The maximum absolute atomic E-state index is 9.71. The van der Waals surface area contributed by atoms with E-state index in [4.69, 9.17) is 0 Å². The molecule has 0 spiro atoms. The minimum atomic E-state index is -0.0382. The molecule has 0 aliphatic heterocycles. The van der Waals surface area contributed by atoms with Crippen molar-refractivity contribution in [3.05, 3.63) is 0 Å². The Morgan fingerprint density at radius 2 is 1.80 bits per heavy atom. The van der Waals surface area contributed by atoms with Crippen LogP contribution in [0, 0.1) is 17.8 Å². The van der Waals surface area contributed by atoms with Crippen LogP contribution < -0.4 is 0 Å². The SMILES string of the molecule is CC1CC(N(C)C[C@H]2C[C@@H](C)[C@H](O)C2)C1. The van der Waals surface area contributed by atoms with E-state index in [0.717, 1.165) is 24.3 Å². The van der Waals surface area contributed by atoms with Crippen molar-refractivity contribution in [1.82, 2.24) is 4.90 Å². The van der Waals surface area contributed by atoms with Gasteiger partial charge >= 0.3 is 0 Å². The van der Waals surface area contributed by atoms with Gasteiger partial charge in [-0.2, -0.15) is 0 Å². The van der Waals surface area contributed by atoms with Gasteiger partial charge in [0.2, 0.25) is 0 Å². The summed E-state index contributed by atoms with van der Waals surface area (Å²) in [5.41, 5.74) is 0. The molecule has 2 fully saturated rings. The molecular weight excluding hydrogens is 186 g/mol. The second-order valence-electron chi connectivity index (χ2n) is 6.05. The summed E-state index contributed by atoms with van der Waals surface area (Å²) in [6, 6.07) is 0.827. The van der Waals surface area contributed by atoms with Crippen molar-refractivity contribution in [2.75, 3.05) is 13.6 Å². The Morgan fingerprint density at radius 3 is 2.27 bits per heavy atom. The van der Waals surface area contributed by atoms with Crippen molar-refractivity contribution >= 4 is 0 Å². The molecule has 0 amide bonds. The van der Waals surface area contributed by atoms with Crippen molar-refractivity contribution in [3.8, 4) is 0 Å². The summed E-state index contributed by atoms with van der Waals surface area (Å²) in [5, 5.41) is 9.71. The molecule has 1 N–H and O–H groups in total. The predicted octanol–water partition coefficient (Wildman–Crippen LogP) is 2.12. The van der Waals surface area contributed by atoms with Crippen molar-refractivity contribution in [2.45, 2.75) is 51.7 Å². The molecule has 0 radical (unpaired) electrons. The fraction of sp³-hybridized carbons (Fsp3) is 1.00. The summed E-state index contributed by atoms with van der Waals surface area (Å²) < 4.78 is 0. The van der Waals surface area contributed by atoms with Crippen molar-refractivity contribution in [2.24, 2.45) is 17.8 Å². The monoisotopic (exact) mass is 211 g/mol. The third kappa shape index (κ3) is 2.54. The van der Waals surface area contributed by atoms with Crippen molar-refractivity contribution in [1.29, 1.82) is 0 Å². The highest BCUT2D eigenvalue weighted by atomic mass is 16.3. The topological polar surface area (TPSA) is 23.5 Å². The first-order valence-corrected chi connectivity index (χ1v) is 6.44. The number of aliphatic hydroxyl groups excluding tert-OH is 1. The second-order valence-corrected chi connectivity index (χ2v) is 6.05. The second kappa shape index (κ2) is 4.42. The van der Waals surface area contributed by atoms with E-state index in [1.807, 2.05) is 0 Å². The van der Waals surface area contributed by atoms with Crippen LogP contribution in [-0.2, 0) is 0 Å². The number of rotatable bonds is 3. The molecule has 0 aromatic heterocycles. The van der Waals surface area contributed by atoms with Gasteiger partial charge < -0.3 is 10.0 Å². The number of hydrogen-bond acceptors (Lipinski definition) is 2. The summed E-state index contributed by atoms with van der Waals surface area (Å²) in [6.07, 6.45) is 4.95. The van der Waals surface area contributed by atoms with E-state index in [0.29, 0.717) is 5.92 Å². The Hall–Kier alpha value is -0.0800. The lowest BCUT2D eigenvalue weighted by atomic mass is 9.80. The van der Waals surface area contributed by atoms with Crippen LogP contribution in [-0.4, -0.2) is 35.7 Å². The molecule has 2 aliphatic rings. The normalized spacial score (nSPS) is 45.8. The van der Waals surface area contributed by atoms with Gasteiger partial charge in [-0.3, -0.25) is 0 Å². The molecule has 2 saturated carbocycles. The molecule has 88 valence electrons. The molecule has 2 rings (SSSR count). The average Bonchev–Trinajstić information content (AvgIpc) is 2.40. The lowest BCUT2D eigenvalue weighted by Crippen LogP contribution is -2.43. The van der Waals surface area contributed by atoms with E-state index >= 15 is 0 Å². The van der Waals surface area contributed by atoms with Gasteiger partial charge in [-0.15, -0.1) is 0 Å². The zero-order valence-electron chi connectivity index (χ0n) is 10.3. The van der Waals surface area contributed by atoms with Gasteiger partial charge in [0.05, 0.1) is 6.10 Å². The van der Waals surface area contributed by atoms with Crippen molar-refractivity contribution < 1.29 is 5.11 Å². The zero-order chi connectivity index (χ0) is 11.0. The number of nitrogens with zero attached hydrogens (tertiary/aromatic N) is 1. The van der Waals surface area contributed by atoms with Gasteiger partial charge in [-0.05, 0) is 50.5 Å².